The van der Waals surface area contributed by atoms with Gasteiger partial charge in [-0.15, -0.1) is 0 Å². The Hall–Kier alpha value is -1.50. The molecular weight excluding hydrogens is 251 g/mol. The Labute approximate surface area is 102 Å². The lowest BCUT2D eigenvalue weighted by Crippen LogP contribution is -2.18. The van der Waals surface area contributed by atoms with Gasteiger partial charge in [-0.25, -0.2) is 4.79 Å². The van der Waals surface area contributed by atoms with Gasteiger partial charge in [0.2, 0.25) is 5.76 Å². The van der Waals surface area contributed by atoms with Gasteiger partial charge in [0.25, 0.3) is 0 Å². The molecular formula is C11H14F3NO3. The molecule has 0 aliphatic heterocycles. The van der Waals surface area contributed by atoms with E-state index in [0.29, 0.717) is 5.56 Å². The first-order valence-electron chi connectivity index (χ1n) is 5.36. The fourth-order valence-corrected chi connectivity index (χ4v) is 1.38. The molecule has 0 radical (unpaired) electrons. The van der Waals surface area contributed by atoms with Crippen LogP contribution in [0.5, 0.6) is 0 Å². The normalized spacial score (nSPS) is 11.6. The average molecular weight is 265 g/mol. The number of esters is 1. The molecule has 18 heavy (non-hydrogen) atoms. The van der Waals surface area contributed by atoms with Crippen LogP contribution in [0.25, 0.3) is 0 Å². The number of ether oxygens (including phenoxy) is 1. The molecule has 1 heterocycles. The summed E-state index contributed by atoms with van der Waals surface area (Å²) < 4.78 is 45.0. The molecule has 1 aromatic rings. The molecule has 1 aromatic heterocycles. The van der Waals surface area contributed by atoms with Gasteiger partial charge in [-0.3, -0.25) is 0 Å². The van der Waals surface area contributed by atoms with E-state index in [1.165, 1.54) is 13.4 Å². The molecule has 0 aliphatic carbocycles. The Morgan fingerprint density at radius 3 is 2.83 bits per heavy atom. The molecule has 0 aliphatic rings. The van der Waals surface area contributed by atoms with Crippen molar-refractivity contribution in [1.29, 1.82) is 0 Å². The van der Waals surface area contributed by atoms with E-state index in [0.717, 1.165) is 0 Å². The summed E-state index contributed by atoms with van der Waals surface area (Å²) in [4.78, 5) is 11.2. The maximum Gasteiger partial charge on any atom is 0.389 e. The van der Waals surface area contributed by atoms with Crippen LogP contribution in [0.1, 0.15) is 29.0 Å². The number of rotatable bonds is 6. The summed E-state index contributed by atoms with van der Waals surface area (Å²) in [5.41, 5.74) is 0.564. The predicted molar refractivity (Wildman–Crippen MR) is 57.0 cm³/mol. The van der Waals surface area contributed by atoms with Gasteiger partial charge in [0.05, 0.1) is 13.4 Å². The lowest BCUT2D eigenvalue weighted by Gasteiger charge is -2.07. The van der Waals surface area contributed by atoms with Gasteiger partial charge in [-0.05, 0) is 19.0 Å². The molecule has 1 N–H and O–H groups in total. The van der Waals surface area contributed by atoms with Crippen molar-refractivity contribution in [2.45, 2.75) is 25.6 Å². The standard InChI is InChI=1S/C11H14F3NO3/c1-17-10(16)9-8(3-6-18-9)7-15-5-2-4-11(12,13)14/h3,6,15H,2,4-5,7H2,1H3. The second-order valence-electron chi connectivity index (χ2n) is 3.66. The first-order valence-corrected chi connectivity index (χ1v) is 5.36. The van der Waals surface area contributed by atoms with Crippen molar-refractivity contribution in [3.63, 3.8) is 0 Å². The van der Waals surface area contributed by atoms with Crippen LogP contribution in [0.15, 0.2) is 16.7 Å². The summed E-state index contributed by atoms with van der Waals surface area (Å²) in [6.45, 7) is 0.476. The smallest absolute Gasteiger partial charge is 0.389 e. The second-order valence-corrected chi connectivity index (χ2v) is 3.66. The summed E-state index contributed by atoms with van der Waals surface area (Å²) >= 11 is 0. The van der Waals surface area contributed by atoms with Gasteiger partial charge in [-0.1, -0.05) is 0 Å². The van der Waals surface area contributed by atoms with Crippen molar-refractivity contribution < 1.29 is 27.1 Å². The zero-order valence-electron chi connectivity index (χ0n) is 9.84. The number of nitrogens with one attached hydrogen (secondary N) is 1. The Kier molecular flexibility index (Phi) is 5.21. The molecule has 1 rings (SSSR count). The molecule has 0 aromatic carbocycles. The highest BCUT2D eigenvalue weighted by molar-refractivity contribution is 5.87. The van der Waals surface area contributed by atoms with E-state index in [1.54, 1.807) is 6.07 Å². The molecule has 0 fully saturated rings. The first kappa shape index (κ1) is 14.6. The Balaban J connectivity index is 2.32. The summed E-state index contributed by atoms with van der Waals surface area (Å²) in [5.74, 6) is -0.534. The molecule has 0 saturated carbocycles. The van der Waals surface area contributed by atoms with Gasteiger partial charge < -0.3 is 14.5 Å². The van der Waals surface area contributed by atoms with Crippen LogP contribution < -0.4 is 5.32 Å². The number of alkyl halides is 3. The first-order chi connectivity index (χ1) is 8.44. The number of carbonyl (C=O) groups is 1. The number of hydrogen-bond acceptors (Lipinski definition) is 4. The number of methoxy groups -OCH3 is 1. The van der Waals surface area contributed by atoms with Gasteiger partial charge in [-0.2, -0.15) is 13.2 Å². The van der Waals surface area contributed by atoms with Crippen LogP contribution in [0.2, 0.25) is 0 Å². The highest BCUT2D eigenvalue weighted by Gasteiger charge is 2.25. The predicted octanol–water partition coefficient (Wildman–Crippen LogP) is 2.50. The average Bonchev–Trinajstić information content (AvgIpc) is 2.74. The molecule has 0 amide bonds. The van der Waals surface area contributed by atoms with E-state index in [9.17, 15) is 18.0 Å². The number of furan rings is 1. The number of halogens is 3. The zero-order chi connectivity index (χ0) is 13.6. The Morgan fingerprint density at radius 1 is 1.50 bits per heavy atom. The van der Waals surface area contributed by atoms with Crippen LogP contribution in [-0.2, 0) is 11.3 Å². The molecule has 0 bridgehead atoms. The minimum absolute atomic E-state index is 0.00505. The van der Waals surface area contributed by atoms with E-state index in [1.807, 2.05) is 0 Å². The van der Waals surface area contributed by atoms with Crippen molar-refractivity contribution >= 4 is 5.97 Å². The summed E-state index contributed by atoms with van der Waals surface area (Å²) in [6.07, 6.45) is -3.63. The monoisotopic (exact) mass is 265 g/mol. The lowest BCUT2D eigenvalue weighted by atomic mass is 10.2. The summed E-state index contributed by atoms with van der Waals surface area (Å²) in [6, 6.07) is 1.57. The van der Waals surface area contributed by atoms with E-state index in [-0.39, 0.29) is 25.3 Å². The second kappa shape index (κ2) is 6.44. The van der Waals surface area contributed by atoms with E-state index in [2.05, 4.69) is 10.1 Å². The molecule has 0 spiro atoms. The van der Waals surface area contributed by atoms with Crippen LogP contribution >= 0.6 is 0 Å². The van der Waals surface area contributed by atoms with E-state index in [4.69, 9.17) is 4.42 Å². The van der Waals surface area contributed by atoms with E-state index >= 15 is 0 Å². The summed E-state index contributed by atoms with van der Waals surface area (Å²) in [5, 5.41) is 2.81. The third kappa shape index (κ3) is 4.79. The Morgan fingerprint density at radius 2 is 2.22 bits per heavy atom. The van der Waals surface area contributed by atoms with Crippen molar-refractivity contribution in [3.05, 3.63) is 23.7 Å². The largest absolute Gasteiger partial charge is 0.463 e. The van der Waals surface area contributed by atoms with Gasteiger partial charge >= 0.3 is 12.1 Å². The highest BCUT2D eigenvalue weighted by Crippen LogP contribution is 2.20. The van der Waals surface area contributed by atoms with Crippen molar-refractivity contribution in [1.82, 2.24) is 5.32 Å². The number of carbonyl (C=O) groups excluding carboxylic acids is 1. The van der Waals surface area contributed by atoms with Crippen molar-refractivity contribution in [3.8, 4) is 0 Å². The Bertz CT molecular complexity index is 387. The molecule has 7 heteroatoms. The van der Waals surface area contributed by atoms with Crippen molar-refractivity contribution in [2.24, 2.45) is 0 Å². The van der Waals surface area contributed by atoms with Gasteiger partial charge in [0.1, 0.15) is 0 Å². The van der Waals surface area contributed by atoms with Crippen LogP contribution in [0.3, 0.4) is 0 Å². The van der Waals surface area contributed by atoms with Crippen molar-refractivity contribution in [2.75, 3.05) is 13.7 Å². The van der Waals surface area contributed by atoms with Gasteiger partial charge in [0.15, 0.2) is 0 Å². The topological polar surface area (TPSA) is 51.5 Å². The maximum absolute atomic E-state index is 11.9. The molecule has 0 atom stereocenters. The quantitative estimate of drug-likeness (QED) is 0.634. The van der Waals surface area contributed by atoms with E-state index < -0.39 is 18.6 Å². The fraction of sp³-hybridized carbons (Fsp3) is 0.545. The lowest BCUT2D eigenvalue weighted by molar-refractivity contribution is -0.135. The fourth-order valence-electron chi connectivity index (χ4n) is 1.38. The molecule has 0 saturated heterocycles. The summed E-state index contributed by atoms with van der Waals surface area (Å²) in [7, 11) is 1.23. The third-order valence-corrected chi connectivity index (χ3v) is 2.25. The van der Waals surface area contributed by atoms with Crippen LogP contribution in [0.4, 0.5) is 13.2 Å². The maximum atomic E-state index is 11.9. The number of hydrogen-bond donors (Lipinski definition) is 1. The molecule has 4 nitrogen and oxygen atoms in total. The minimum atomic E-state index is -4.13. The molecule has 0 unspecified atom stereocenters. The highest BCUT2D eigenvalue weighted by atomic mass is 19.4. The zero-order valence-corrected chi connectivity index (χ0v) is 9.84. The minimum Gasteiger partial charge on any atom is -0.463 e. The van der Waals surface area contributed by atoms with Gasteiger partial charge in [0, 0.05) is 18.5 Å². The van der Waals surface area contributed by atoms with Crippen LogP contribution in [-0.4, -0.2) is 25.8 Å². The third-order valence-electron chi connectivity index (χ3n) is 2.25. The SMILES string of the molecule is COC(=O)c1occc1CNCCCC(F)(F)F. The molecule has 102 valence electrons. The van der Waals surface area contributed by atoms with Crippen LogP contribution in [0, 0.1) is 0 Å².